The van der Waals surface area contributed by atoms with E-state index in [0.717, 1.165) is 38.5 Å². The maximum Gasteiger partial charge on any atom is 0.246 e. The highest BCUT2D eigenvalue weighted by Crippen LogP contribution is 2.75. The maximum atomic E-state index is 14.3. The fourth-order valence-corrected chi connectivity index (χ4v) is 10.1. The van der Waals surface area contributed by atoms with Crippen LogP contribution in [0.25, 0.3) is 0 Å². The van der Waals surface area contributed by atoms with Crippen molar-refractivity contribution in [2.75, 3.05) is 7.05 Å². The Labute approximate surface area is 181 Å². The number of hydrogen-bond donors (Lipinski definition) is 0. The molecule has 10 atom stereocenters. The van der Waals surface area contributed by atoms with Gasteiger partial charge in [-0.15, -0.1) is 0 Å². The van der Waals surface area contributed by atoms with Gasteiger partial charge in [-0.25, -0.2) is 0 Å². The Morgan fingerprint density at radius 3 is 1.74 bits per heavy atom. The average molecular weight is 422 g/mol. The molecule has 0 aromatic rings. The lowest BCUT2D eigenvalue weighted by Crippen LogP contribution is -2.48. The molecule has 2 heterocycles. The Kier molecular flexibility index (Phi) is 3.19. The monoisotopic (exact) mass is 422 g/mol. The molecule has 0 aromatic heterocycles. The third kappa shape index (κ3) is 1.72. The molecule has 0 N–H and O–H groups in total. The van der Waals surface area contributed by atoms with Crippen LogP contribution in [0.15, 0.2) is 0 Å². The number of Topliss-reactive ketones (excluding diaryl/α,β-unsaturated/α-hetero) is 1. The van der Waals surface area contributed by atoms with Gasteiger partial charge in [-0.3, -0.25) is 28.9 Å². The Balaban J connectivity index is 1.24. The summed E-state index contributed by atoms with van der Waals surface area (Å²) in [6.45, 7) is 1.84. The smallest absolute Gasteiger partial charge is 0.246 e. The Morgan fingerprint density at radius 1 is 0.742 bits per heavy atom. The molecule has 4 bridgehead atoms. The van der Waals surface area contributed by atoms with Crippen LogP contribution in [0, 0.1) is 58.2 Å². The number of hydrogen-bond acceptors (Lipinski definition) is 5. The lowest BCUT2D eigenvalue weighted by atomic mass is 9.58. The molecule has 7 fully saturated rings. The first kappa shape index (κ1) is 18.6. The van der Waals surface area contributed by atoms with Crippen LogP contribution in [0.5, 0.6) is 0 Å². The van der Waals surface area contributed by atoms with Gasteiger partial charge >= 0.3 is 0 Å². The minimum absolute atomic E-state index is 0.0270. The summed E-state index contributed by atoms with van der Waals surface area (Å²) in [7, 11) is 1.98. The summed E-state index contributed by atoms with van der Waals surface area (Å²) in [6.07, 6.45) is 4.64. The van der Waals surface area contributed by atoms with Crippen molar-refractivity contribution in [1.82, 2.24) is 9.71 Å². The molecule has 0 aromatic carbocycles. The highest BCUT2D eigenvalue weighted by Gasteiger charge is 2.78. The predicted octanol–water partition coefficient (Wildman–Crippen LogP) is 0.634. The normalized spacial score (nSPS) is 53.8. The Bertz CT molecular complexity index is 1010. The average Bonchev–Trinajstić information content (AvgIpc) is 3.58. The lowest BCUT2D eigenvalue weighted by molar-refractivity contribution is -0.145. The van der Waals surface area contributed by atoms with Gasteiger partial charge in [0, 0.05) is 17.9 Å². The number of amides is 4. The van der Waals surface area contributed by atoms with E-state index in [1.165, 1.54) is 9.71 Å². The lowest BCUT2D eigenvalue weighted by Gasteiger charge is -2.42. The van der Waals surface area contributed by atoms with Gasteiger partial charge in [-0.1, -0.05) is 6.82 Å². The summed E-state index contributed by atoms with van der Waals surface area (Å²) in [5, 5.41) is 0. The van der Waals surface area contributed by atoms with E-state index in [0.29, 0.717) is 7.41 Å². The molecule has 2 spiro atoms. The van der Waals surface area contributed by atoms with Crippen molar-refractivity contribution in [2.45, 2.75) is 45.3 Å². The number of carbonyl (C=O) groups excluding carboxylic acids is 5. The zero-order valence-corrected chi connectivity index (χ0v) is 18.0. The van der Waals surface area contributed by atoms with Crippen molar-refractivity contribution in [3.8, 4) is 0 Å². The van der Waals surface area contributed by atoms with Gasteiger partial charge in [0.15, 0.2) is 0 Å². The first-order chi connectivity index (χ1) is 14.8. The molecule has 8 heteroatoms. The number of rotatable bonds is 1. The van der Waals surface area contributed by atoms with Gasteiger partial charge < -0.3 is 4.81 Å². The molecule has 7 rings (SSSR count). The van der Waals surface area contributed by atoms with Gasteiger partial charge in [-0.05, 0) is 62.2 Å². The second-order valence-corrected chi connectivity index (χ2v) is 11.5. The van der Waals surface area contributed by atoms with E-state index < -0.39 is 10.8 Å². The van der Waals surface area contributed by atoms with Crippen LogP contribution in [0.2, 0.25) is 6.82 Å². The zero-order valence-electron chi connectivity index (χ0n) is 18.0. The minimum Gasteiger partial charge on any atom is -0.333 e. The molecule has 2 saturated heterocycles. The van der Waals surface area contributed by atoms with Crippen molar-refractivity contribution >= 4 is 36.8 Å². The van der Waals surface area contributed by atoms with Crippen molar-refractivity contribution < 1.29 is 24.0 Å². The summed E-state index contributed by atoms with van der Waals surface area (Å²) in [6, 6.07) is 0. The van der Waals surface area contributed by atoms with Crippen LogP contribution in [0.1, 0.15) is 38.5 Å². The first-order valence-electron chi connectivity index (χ1n) is 12.0. The summed E-state index contributed by atoms with van der Waals surface area (Å²) in [5.41, 5.74) is -0.994. The number of ketones is 1. The molecule has 6 unspecified atom stereocenters. The molecule has 4 amide bonds. The highest BCUT2D eigenvalue weighted by atomic mass is 16.2. The van der Waals surface area contributed by atoms with E-state index in [1.807, 2.05) is 6.82 Å². The van der Waals surface area contributed by atoms with E-state index in [1.54, 1.807) is 7.05 Å². The van der Waals surface area contributed by atoms with E-state index >= 15 is 0 Å². The van der Waals surface area contributed by atoms with Crippen LogP contribution >= 0.6 is 0 Å². The molecule has 2 aliphatic heterocycles. The van der Waals surface area contributed by atoms with Gasteiger partial charge in [-0.2, -0.15) is 0 Å². The third-order valence-corrected chi connectivity index (χ3v) is 11.0. The second-order valence-electron chi connectivity index (χ2n) is 11.5. The van der Waals surface area contributed by atoms with Crippen LogP contribution < -0.4 is 0 Å². The van der Waals surface area contributed by atoms with Gasteiger partial charge in [0.05, 0.1) is 23.7 Å². The standard InChI is InChI=1S/C23H27BN2O5/c1-24-26-19(29)14-10-6-12(16(14)20(26)30)23(8-10)4-3-22(21(23)31)7-9-5-11(22)15-13(9)17(27)25(2)18(15)28/h9-16,24H,3-8H2,1-2H3/t9?,10?,11-,12-,13?,14?,15?,16?,22-,23-/m1/s1. The molecular weight excluding hydrogens is 395 g/mol. The molecule has 0 radical (unpaired) electrons. The van der Waals surface area contributed by atoms with Crippen LogP contribution in [0.3, 0.4) is 0 Å². The van der Waals surface area contributed by atoms with E-state index in [2.05, 4.69) is 0 Å². The second kappa shape index (κ2) is 5.32. The van der Waals surface area contributed by atoms with Gasteiger partial charge in [0.25, 0.3) is 0 Å². The van der Waals surface area contributed by atoms with E-state index in [9.17, 15) is 24.0 Å². The highest BCUT2D eigenvalue weighted by molar-refractivity contribution is 6.43. The van der Waals surface area contributed by atoms with Crippen LogP contribution in [-0.2, 0) is 24.0 Å². The molecule has 162 valence electrons. The predicted molar refractivity (Wildman–Crippen MR) is 108 cm³/mol. The maximum absolute atomic E-state index is 14.3. The molecule has 7 nitrogen and oxygen atoms in total. The van der Waals surface area contributed by atoms with E-state index in [-0.39, 0.29) is 76.8 Å². The summed E-state index contributed by atoms with van der Waals surface area (Å²) >= 11 is 0. The van der Waals surface area contributed by atoms with Crippen molar-refractivity contribution in [3.63, 3.8) is 0 Å². The summed E-state index contributed by atoms with van der Waals surface area (Å²) in [5.74, 6) is -0.862. The van der Waals surface area contributed by atoms with Crippen molar-refractivity contribution in [2.24, 2.45) is 58.2 Å². The van der Waals surface area contributed by atoms with E-state index in [4.69, 9.17) is 0 Å². The molecule has 7 aliphatic rings. The molecule has 31 heavy (non-hydrogen) atoms. The topological polar surface area (TPSA) is 91.8 Å². The fourth-order valence-electron chi connectivity index (χ4n) is 10.1. The van der Waals surface area contributed by atoms with Crippen molar-refractivity contribution in [3.05, 3.63) is 0 Å². The number of fused-ring (bicyclic) bond motifs is 12. The van der Waals surface area contributed by atoms with Crippen LogP contribution in [0.4, 0.5) is 0 Å². The molecule has 5 aliphatic carbocycles. The molecule has 5 saturated carbocycles. The van der Waals surface area contributed by atoms with Crippen molar-refractivity contribution in [1.29, 1.82) is 0 Å². The van der Waals surface area contributed by atoms with Gasteiger partial charge in [0.1, 0.15) is 5.78 Å². The van der Waals surface area contributed by atoms with Gasteiger partial charge in [0.2, 0.25) is 31.0 Å². The largest absolute Gasteiger partial charge is 0.333 e. The Morgan fingerprint density at radius 2 is 1.19 bits per heavy atom. The number of nitrogens with zero attached hydrogens (tertiary/aromatic N) is 2. The Hall–Kier alpha value is -1.99. The molecular formula is C23H27BN2O5. The third-order valence-electron chi connectivity index (χ3n) is 11.0. The quantitative estimate of drug-likeness (QED) is 0.457. The summed E-state index contributed by atoms with van der Waals surface area (Å²) < 4.78 is 0. The van der Waals surface area contributed by atoms with Crippen LogP contribution in [-0.4, -0.2) is 53.6 Å². The fraction of sp³-hybridized carbons (Fsp3) is 0.783. The SMILES string of the molecule is CBN1C(=O)C2C3C[C@H](C2C1=O)[C@@]1(CC[C@]2(CC4C[C@@H]2C2C(=O)N(C)C(=O)C42)C1=O)C3. The number of imide groups is 2. The minimum atomic E-state index is -0.497. The summed E-state index contributed by atoms with van der Waals surface area (Å²) in [4.78, 5) is 68.4. The number of carbonyl (C=O) groups is 5. The number of likely N-dealkylation sites (tertiary alicyclic amines) is 1. The zero-order chi connectivity index (χ0) is 21.6. The first-order valence-corrected chi connectivity index (χ1v) is 12.0.